The van der Waals surface area contributed by atoms with Gasteiger partial charge in [0.2, 0.25) is 0 Å². The first-order chi connectivity index (χ1) is 9.85. The number of rotatable bonds is 4. The van der Waals surface area contributed by atoms with Crippen LogP contribution in [0.3, 0.4) is 0 Å². The van der Waals surface area contributed by atoms with Crippen LogP contribution < -0.4 is 10.1 Å². The van der Waals surface area contributed by atoms with Crippen molar-refractivity contribution in [1.29, 1.82) is 0 Å². The normalized spacial score (nSPS) is 18.9. The summed E-state index contributed by atoms with van der Waals surface area (Å²) in [4.78, 5) is 0. The van der Waals surface area contributed by atoms with Gasteiger partial charge in [-0.2, -0.15) is 5.10 Å². The van der Waals surface area contributed by atoms with E-state index in [1.807, 2.05) is 23.0 Å². The fourth-order valence-electron chi connectivity index (χ4n) is 2.73. The van der Waals surface area contributed by atoms with Crippen molar-refractivity contribution in [2.24, 2.45) is 0 Å². The van der Waals surface area contributed by atoms with E-state index in [2.05, 4.69) is 28.7 Å². The Hall–Kier alpha value is -1.81. The molecule has 1 aliphatic heterocycles. The van der Waals surface area contributed by atoms with Crippen molar-refractivity contribution in [1.82, 2.24) is 15.1 Å². The molecule has 1 N–H and O–H groups in total. The maximum absolute atomic E-state index is 5.17. The molecule has 0 aliphatic carbocycles. The lowest BCUT2D eigenvalue weighted by Crippen LogP contribution is -2.28. The van der Waals surface area contributed by atoms with Gasteiger partial charge in [-0.15, -0.1) is 0 Å². The average molecular weight is 271 g/mol. The Morgan fingerprint density at radius 1 is 1.35 bits per heavy atom. The topological polar surface area (TPSA) is 39.1 Å². The summed E-state index contributed by atoms with van der Waals surface area (Å²) in [6, 6.07) is 8.15. The van der Waals surface area contributed by atoms with Crippen LogP contribution in [-0.2, 0) is 6.54 Å². The highest BCUT2D eigenvalue weighted by Gasteiger charge is 2.16. The van der Waals surface area contributed by atoms with E-state index in [1.165, 1.54) is 24.0 Å². The summed E-state index contributed by atoms with van der Waals surface area (Å²) in [5.41, 5.74) is 2.59. The van der Waals surface area contributed by atoms with Crippen LogP contribution in [0.5, 0.6) is 5.75 Å². The van der Waals surface area contributed by atoms with Crippen LogP contribution in [0.2, 0.25) is 0 Å². The molecule has 106 valence electrons. The van der Waals surface area contributed by atoms with Gasteiger partial charge in [-0.25, -0.2) is 0 Å². The highest BCUT2D eigenvalue weighted by atomic mass is 16.5. The second-order valence-electron chi connectivity index (χ2n) is 5.36. The van der Waals surface area contributed by atoms with Gasteiger partial charge >= 0.3 is 0 Å². The van der Waals surface area contributed by atoms with Crippen LogP contribution in [0.15, 0.2) is 36.7 Å². The summed E-state index contributed by atoms with van der Waals surface area (Å²) in [5, 5.41) is 7.94. The molecule has 3 rings (SSSR count). The minimum absolute atomic E-state index is 0.619. The Morgan fingerprint density at radius 2 is 2.20 bits per heavy atom. The first-order valence-corrected chi connectivity index (χ1v) is 7.21. The highest BCUT2D eigenvalue weighted by Crippen LogP contribution is 2.22. The zero-order valence-corrected chi connectivity index (χ0v) is 11.9. The van der Waals surface area contributed by atoms with Crippen molar-refractivity contribution < 1.29 is 4.74 Å². The van der Waals surface area contributed by atoms with Crippen LogP contribution in [0.1, 0.15) is 29.9 Å². The van der Waals surface area contributed by atoms with E-state index in [9.17, 15) is 0 Å². The molecule has 0 amide bonds. The van der Waals surface area contributed by atoms with Crippen LogP contribution in [-0.4, -0.2) is 30.0 Å². The molecule has 1 saturated heterocycles. The predicted molar refractivity (Wildman–Crippen MR) is 79.2 cm³/mol. The Kier molecular flexibility index (Phi) is 4.02. The molecule has 0 bridgehead atoms. The van der Waals surface area contributed by atoms with Crippen molar-refractivity contribution in [3.63, 3.8) is 0 Å². The summed E-state index contributed by atoms with van der Waals surface area (Å²) in [5.74, 6) is 1.51. The summed E-state index contributed by atoms with van der Waals surface area (Å²) < 4.78 is 7.19. The van der Waals surface area contributed by atoms with Crippen LogP contribution >= 0.6 is 0 Å². The van der Waals surface area contributed by atoms with Gasteiger partial charge in [0.25, 0.3) is 0 Å². The molecule has 0 radical (unpaired) electrons. The van der Waals surface area contributed by atoms with Gasteiger partial charge in [0, 0.05) is 12.7 Å². The van der Waals surface area contributed by atoms with E-state index in [4.69, 9.17) is 4.74 Å². The molecular formula is C16H21N3O. The SMILES string of the molecule is COc1ccc(Cn2cc(C3CCCNC3)cn2)cc1. The smallest absolute Gasteiger partial charge is 0.118 e. The monoisotopic (exact) mass is 271 g/mol. The Morgan fingerprint density at radius 3 is 2.90 bits per heavy atom. The van der Waals surface area contributed by atoms with Crippen molar-refractivity contribution in [2.45, 2.75) is 25.3 Å². The quantitative estimate of drug-likeness (QED) is 0.928. The molecule has 1 aliphatic rings. The molecule has 4 heteroatoms. The zero-order chi connectivity index (χ0) is 13.8. The van der Waals surface area contributed by atoms with Gasteiger partial charge in [0.1, 0.15) is 5.75 Å². The van der Waals surface area contributed by atoms with Gasteiger partial charge in [0.15, 0.2) is 0 Å². The largest absolute Gasteiger partial charge is 0.497 e. The predicted octanol–water partition coefficient (Wildman–Crippen LogP) is 2.41. The Labute approximate surface area is 119 Å². The number of piperidine rings is 1. The zero-order valence-electron chi connectivity index (χ0n) is 11.9. The average Bonchev–Trinajstić information content (AvgIpc) is 2.97. The Bertz CT molecular complexity index is 541. The van der Waals surface area contributed by atoms with Gasteiger partial charge in [-0.3, -0.25) is 4.68 Å². The maximum Gasteiger partial charge on any atom is 0.118 e. The standard InChI is InChI=1S/C16H21N3O/c1-20-16-6-4-13(5-7-16)11-19-12-15(10-18-19)14-3-2-8-17-9-14/h4-7,10,12,14,17H,2-3,8-9,11H2,1H3. The molecule has 0 saturated carbocycles. The third-order valence-corrected chi connectivity index (χ3v) is 3.93. The maximum atomic E-state index is 5.17. The molecule has 1 aromatic heterocycles. The van der Waals surface area contributed by atoms with Gasteiger partial charge < -0.3 is 10.1 Å². The van der Waals surface area contributed by atoms with E-state index >= 15 is 0 Å². The number of methoxy groups -OCH3 is 1. The number of hydrogen-bond donors (Lipinski definition) is 1. The second-order valence-corrected chi connectivity index (χ2v) is 5.36. The lowest BCUT2D eigenvalue weighted by atomic mass is 9.94. The number of ether oxygens (including phenoxy) is 1. The van der Waals surface area contributed by atoms with E-state index < -0.39 is 0 Å². The van der Waals surface area contributed by atoms with Crippen molar-refractivity contribution in [2.75, 3.05) is 20.2 Å². The van der Waals surface area contributed by atoms with E-state index in [0.717, 1.165) is 25.4 Å². The highest BCUT2D eigenvalue weighted by molar-refractivity contribution is 5.27. The molecule has 1 aromatic carbocycles. The lowest BCUT2D eigenvalue weighted by Gasteiger charge is -2.21. The molecule has 4 nitrogen and oxygen atoms in total. The molecule has 1 unspecified atom stereocenters. The molecular weight excluding hydrogens is 250 g/mol. The summed E-state index contributed by atoms with van der Waals surface area (Å²) in [6.45, 7) is 3.04. The lowest BCUT2D eigenvalue weighted by molar-refractivity contribution is 0.414. The number of nitrogens with zero attached hydrogens (tertiary/aromatic N) is 2. The van der Waals surface area contributed by atoms with E-state index in [-0.39, 0.29) is 0 Å². The van der Waals surface area contributed by atoms with Gasteiger partial charge in [-0.1, -0.05) is 12.1 Å². The fourth-order valence-corrected chi connectivity index (χ4v) is 2.73. The minimum Gasteiger partial charge on any atom is -0.497 e. The van der Waals surface area contributed by atoms with Crippen molar-refractivity contribution in [3.8, 4) is 5.75 Å². The molecule has 2 aromatic rings. The molecule has 1 atom stereocenters. The van der Waals surface area contributed by atoms with Gasteiger partial charge in [-0.05, 0) is 48.6 Å². The minimum atomic E-state index is 0.619. The molecule has 20 heavy (non-hydrogen) atoms. The number of hydrogen-bond acceptors (Lipinski definition) is 3. The first-order valence-electron chi connectivity index (χ1n) is 7.21. The number of aromatic nitrogens is 2. The second kappa shape index (κ2) is 6.09. The third-order valence-electron chi connectivity index (χ3n) is 3.93. The van der Waals surface area contributed by atoms with E-state index in [0.29, 0.717) is 5.92 Å². The number of benzene rings is 1. The number of nitrogens with one attached hydrogen (secondary N) is 1. The first kappa shape index (κ1) is 13.2. The fraction of sp³-hybridized carbons (Fsp3) is 0.438. The summed E-state index contributed by atoms with van der Waals surface area (Å²) >= 11 is 0. The third kappa shape index (κ3) is 3.02. The molecule has 1 fully saturated rings. The summed E-state index contributed by atoms with van der Waals surface area (Å²) in [7, 11) is 1.69. The van der Waals surface area contributed by atoms with E-state index in [1.54, 1.807) is 7.11 Å². The summed E-state index contributed by atoms with van der Waals surface area (Å²) in [6.07, 6.45) is 6.72. The van der Waals surface area contributed by atoms with Gasteiger partial charge in [0.05, 0.1) is 19.9 Å². The van der Waals surface area contributed by atoms with Crippen molar-refractivity contribution in [3.05, 3.63) is 47.8 Å². The van der Waals surface area contributed by atoms with Crippen molar-refractivity contribution >= 4 is 0 Å². The Balaban J connectivity index is 1.66. The molecule has 0 spiro atoms. The van der Waals surface area contributed by atoms with Crippen LogP contribution in [0.4, 0.5) is 0 Å². The van der Waals surface area contributed by atoms with Crippen LogP contribution in [0, 0.1) is 0 Å². The molecule has 2 heterocycles. The van der Waals surface area contributed by atoms with Crippen LogP contribution in [0.25, 0.3) is 0 Å².